The summed E-state index contributed by atoms with van der Waals surface area (Å²) in [5.41, 5.74) is 1.06. The van der Waals surface area contributed by atoms with Crippen LogP contribution in [0.15, 0.2) is 29.3 Å². The first kappa shape index (κ1) is 20.7. The van der Waals surface area contributed by atoms with Gasteiger partial charge < -0.3 is 16.0 Å². The highest BCUT2D eigenvalue weighted by atomic mass is 127. The van der Waals surface area contributed by atoms with Crippen LogP contribution in [0.3, 0.4) is 0 Å². The molecule has 0 saturated heterocycles. The van der Waals surface area contributed by atoms with Crippen molar-refractivity contribution in [1.29, 1.82) is 0 Å². The maximum absolute atomic E-state index is 12.8. The van der Waals surface area contributed by atoms with Crippen LogP contribution in [0.4, 0.5) is 4.39 Å². The summed E-state index contributed by atoms with van der Waals surface area (Å²) in [7, 11) is 0. The second-order valence-corrected chi connectivity index (χ2v) is 5.63. The largest absolute Gasteiger partial charge is 0.357 e. The molecular formula is C17H26FIN4O. The Kier molecular flexibility index (Phi) is 9.66. The second kappa shape index (κ2) is 11.2. The van der Waals surface area contributed by atoms with E-state index >= 15 is 0 Å². The highest BCUT2D eigenvalue weighted by Crippen LogP contribution is 2.28. The number of nitrogens with zero attached hydrogens (tertiary/aromatic N) is 1. The van der Waals surface area contributed by atoms with Crippen molar-refractivity contribution in [3.8, 4) is 0 Å². The zero-order valence-corrected chi connectivity index (χ0v) is 16.3. The van der Waals surface area contributed by atoms with E-state index < -0.39 is 0 Å². The van der Waals surface area contributed by atoms with Crippen molar-refractivity contribution in [3.63, 3.8) is 0 Å². The van der Waals surface area contributed by atoms with E-state index in [1.54, 1.807) is 12.1 Å². The molecule has 0 atom stereocenters. The summed E-state index contributed by atoms with van der Waals surface area (Å²) in [5, 5.41) is 9.27. The fourth-order valence-corrected chi connectivity index (χ4v) is 2.15. The molecule has 0 spiro atoms. The van der Waals surface area contributed by atoms with Crippen LogP contribution in [0, 0.1) is 11.7 Å². The number of guanidine groups is 1. The zero-order valence-electron chi connectivity index (χ0n) is 14.0. The lowest BCUT2D eigenvalue weighted by molar-refractivity contribution is -0.122. The summed E-state index contributed by atoms with van der Waals surface area (Å²) >= 11 is 0. The lowest BCUT2D eigenvalue weighted by Gasteiger charge is -2.11. The van der Waals surface area contributed by atoms with Gasteiger partial charge in [-0.3, -0.25) is 9.79 Å². The molecule has 1 amide bonds. The van der Waals surface area contributed by atoms with Gasteiger partial charge in [0.25, 0.3) is 0 Å². The number of carbonyl (C=O) groups excluding carboxylic acids is 1. The Morgan fingerprint density at radius 2 is 1.83 bits per heavy atom. The van der Waals surface area contributed by atoms with Crippen LogP contribution in [0.1, 0.15) is 25.3 Å². The van der Waals surface area contributed by atoms with E-state index in [-0.39, 0.29) is 41.6 Å². The molecule has 0 bridgehead atoms. The third-order valence-corrected chi connectivity index (χ3v) is 3.59. The summed E-state index contributed by atoms with van der Waals surface area (Å²) < 4.78 is 12.8. The fourth-order valence-electron chi connectivity index (χ4n) is 2.15. The predicted molar refractivity (Wildman–Crippen MR) is 105 cm³/mol. The topological polar surface area (TPSA) is 65.5 Å². The average Bonchev–Trinajstić information content (AvgIpc) is 3.38. The van der Waals surface area contributed by atoms with Crippen LogP contribution < -0.4 is 16.0 Å². The number of rotatable bonds is 8. The number of carbonyl (C=O) groups is 1. The first-order valence-corrected chi connectivity index (χ1v) is 8.23. The quantitative estimate of drug-likeness (QED) is 0.247. The molecule has 2 rings (SSSR count). The lowest BCUT2D eigenvalue weighted by Crippen LogP contribution is -2.41. The Labute approximate surface area is 159 Å². The number of benzene rings is 1. The van der Waals surface area contributed by atoms with E-state index in [1.165, 1.54) is 12.1 Å². The van der Waals surface area contributed by atoms with E-state index in [1.807, 2.05) is 6.92 Å². The molecule has 134 valence electrons. The van der Waals surface area contributed by atoms with Gasteiger partial charge in [-0.05, 0) is 43.9 Å². The van der Waals surface area contributed by atoms with Gasteiger partial charge in [-0.25, -0.2) is 4.39 Å². The van der Waals surface area contributed by atoms with Crippen molar-refractivity contribution in [3.05, 3.63) is 35.6 Å². The molecule has 1 aliphatic carbocycles. The van der Waals surface area contributed by atoms with Crippen LogP contribution in [0.5, 0.6) is 0 Å². The van der Waals surface area contributed by atoms with Crippen LogP contribution in [-0.2, 0) is 11.2 Å². The summed E-state index contributed by atoms with van der Waals surface area (Å²) in [6.45, 7) is 4.64. The predicted octanol–water partition coefficient (Wildman–Crippen LogP) is 2.07. The average molecular weight is 448 g/mol. The van der Waals surface area contributed by atoms with Crippen molar-refractivity contribution in [2.24, 2.45) is 10.9 Å². The number of hydrogen-bond donors (Lipinski definition) is 3. The van der Waals surface area contributed by atoms with Gasteiger partial charge in [-0.1, -0.05) is 12.1 Å². The molecule has 0 radical (unpaired) electrons. The van der Waals surface area contributed by atoms with Gasteiger partial charge in [0.2, 0.25) is 5.91 Å². The van der Waals surface area contributed by atoms with Gasteiger partial charge in [0.1, 0.15) is 5.82 Å². The SMILES string of the molecule is CCNC(=NCCc1ccc(F)cc1)NCCNC(=O)C1CC1.I. The number of nitrogens with one attached hydrogen (secondary N) is 3. The Hall–Kier alpha value is -1.38. The van der Waals surface area contributed by atoms with Gasteiger partial charge in [0.15, 0.2) is 5.96 Å². The molecule has 7 heteroatoms. The van der Waals surface area contributed by atoms with Crippen LogP contribution in [-0.4, -0.2) is 38.0 Å². The highest BCUT2D eigenvalue weighted by Gasteiger charge is 2.28. The van der Waals surface area contributed by atoms with Gasteiger partial charge in [0, 0.05) is 32.1 Å². The van der Waals surface area contributed by atoms with Gasteiger partial charge in [-0.2, -0.15) is 0 Å². The van der Waals surface area contributed by atoms with Crippen molar-refractivity contribution >= 4 is 35.8 Å². The van der Waals surface area contributed by atoms with E-state index in [9.17, 15) is 9.18 Å². The number of hydrogen-bond acceptors (Lipinski definition) is 2. The maximum atomic E-state index is 12.8. The molecule has 1 aliphatic rings. The minimum atomic E-state index is -0.222. The Balaban J connectivity index is 0.00000288. The Bertz CT molecular complexity index is 532. The Morgan fingerprint density at radius 1 is 1.17 bits per heavy atom. The monoisotopic (exact) mass is 448 g/mol. The zero-order chi connectivity index (χ0) is 16.5. The van der Waals surface area contributed by atoms with Crippen LogP contribution in [0.2, 0.25) is 0 Å². The normalized spacial score (nSPS) is 13.8. The summed E-state index contributed by atoms with van der Waals surface area (Å²) in [6.07, 6.45) is 2.80. The van der Waals surface area contributed by atoms with Crippen molar-refractivity contribution in [1.82, 2.24) is 16.0 Å². The molecule has 24 heavy (non-hydrogen) atoms. The maximum Gasteiger partial charge on any atom is 0.223 e. The van der Waals surface area contributed by atoms with Crippen molar-refractivity contribution < 1.29 is 9.18 Å². The number of aliphatic imine (C=N–C) groups is 1. The number of halogens is 2. The summed E-state index contributed by atoms with van der Waals surface area (Å²) in [4.78, 5) is 16.0. The van der Waals surface area contributed by atoms with Crippen LogP contribution >= 0.6 is 24.0 Å². The first-order valence-electron chi connectivity index (χ1n) is 8.23. The molecule has 1 aromatic carbocycles. The van der Waals surface area contributed by atoms with E-state index in [0.29, 0.717) is 19.6 Å². The molecule has 1 aromatic rings. The van der Waals surface area contributed by atoms with E-state index in [0.717, 1.165) is 37.3 Å². The molecule has 5 nitrogen and oxygen atoms in total. The molecule has 0 unspecified atom stereocenters. The van der Waals surface area contributed by atoms with Gasteiger partial charge in [0.05, 0.1) is 0 Å². The standard InChI is InChI=1S/C17H25FN4O.HI/c1-2-19-17(22-12-11-20-16(23)14-5-6-14)21-10-9-13-3-7-15(18)8-4-13;/h3-4,7-8,14H,2,5-6,9-12H2,1H3,(H,20,23)(H2,19,21,22);1H. The molecule has 3 N–H and O–H groups in total. The van der Waals surface area contributed by atoms with E-state index in [2.05, 4.69) is 20.9 Å². The fraction of sp³-hybridized carbons (Fsp3) is 0.529. The van der Waals surface area contributed by atoms with Crippen molar-refractivity contribution in [2.45, 2.75) is 26.2 Å². The van der Waals surface area contributed by atoms with Gasteiger partial charge >= 0.3 is 0 Å². The molecule has 0 heterocycles. The summed E-state index contributed by atoms with van der Waals surface area (Å²) in [6, 6.07) is 6.48. The molecule has 0 aromatic heterocycles. The molecule has 0 aliphatic heterocycles. The smallest absolute Gasteiger partial charge is 0.223 e. The third-order valence-electron chi connectivity index (χ3n) is 3.59. The van der Waals surface area contributed by atoms with Crippen LogP contribution in [0.25, 0.3) is 0 Å². The number of amides is 1. The van der Waals surface area contributed by atoms with E-state index in [4.69, 9.17) is 0 Å². The molecule has 1 fully saturated rings. The molecular weight excluding hydrogens is 422 g/mol. The highest BCUT2D eigenvalue weighted by molar-refractivity contribution is 14.0. The third kappa shape index (κ3) is 7.94. The van der Waals surface area contributed by atoms with Crippen molar-refractivity contribution in [2.75, 3.05) is 26.2 Å². The molecule has 1 saturated carbocycles. The minimum absolute atomic E-state index is 0. The minimum Gasteiger partial charge on any atom is -0.357 e. The second-order valence-electron chi connectivity index (χ2n) is 5.63. The first-order chi connectivity index (χ1) is 11.2. The van der Waals surface area contributed by atoms with Gasteiger partial charge in [-0.15, -0.1) is 24.0 Å². The lowest BCUT2D eigenvalue weighted by atomic mass is 10.1. The summed E-state index contributed by atoms with van der Waals surface area (Å²) in [5.74, 6) is 0.911. The Morgan fingerprint density at radius 3 is 2.46 bits per heavy atom.